The first kappa shape index (κ1) is 12.3. The van der Waals surface area contributed by atoms with Crippen LogP contribution in [0.3, 0.4) is 0 Å². The lowest BCUT2D eigenvalue weighted by Crippen LogP contribution is -2.43. The SMILES string of the molecule is COc1cccc([C@@H]2C[C@H]2N=C(N)NC2CCC2)c1. The van der Waals surface area contributed by atoms with Gasteiger partial charge >= 0.3 is 0 Å². The number of aliphatic imine (C=N–C) groups is 1. The van der Waals surface area contributed by atoms with Crippen molar-refractivity contribution in [3.05, 3.63) is 29.8 Å². The summed E-state index contributed by atoms with van der Waals surface area (Å²) < 4.78 is 5.25. The van der Waals surface area contributed by atoms with Crippen LogP contribution in [-0.4, -0.2) is 25.2 Å². The first-order chi connectivity index (χ1) is 9.26. The predicted octanol–water partition coefficient (Wildman–Crippen LogP) is 2.01. The van der Waals surface area contributed by atoms with Crippen molar-refractivity contribution in [3.63, 3.8) is 0 Å². The third-order valence-corrected chi connectivity index (χ3v) is 4.04. The fourth-order valence-corrected chi connectivity index (χ4v) is 2.53. The Morgan fingerprint density at radius 2 is 2.26 bits per heavy atom. The molecule has 0 amide bonds. The smallest absolute Gasteiger partial charge is 0.189 e. The highest BCUT2D eigenvalue weighted by atomic mass is 16.5. The van der Waals surface area contributed by atoms with Crippen LogP contribution in [0.25, 0.3) is 0 Å². The van der Waals surface area contributed by atoms with Gasteiger partial charge in [-0.05, 0) is 43.4 Å². The Balaban J connectivity index is 1.58. The summed E-state index contributed by atoms with van der Waals surface area (Å²) in [6, 6.07) is 9.12. The van der Waals surface area contributed by atoms with Crippen molar-refractivity contribution in [2.24, 2.45) is 10.7 Å². The van der Waals surface area contributed by atoms with Crippen LogP contribution in [0, 0.1) is 0 Å². The average molecular weight is 259 g/mol. The number of methoxy groups -OCH3 is 1. The Bertz CT molecular complexity index is 482. The van der Waals surface area contributed by atoms with E-state index in [-0.39, 0.29) is 0 Å². The summed E-state index contributed by atoms with van der Waals surface area (Å²) in [4.78, 5) is 4.57. The highest BCUT2D eigenvalue weighted by Crippen LogP contribution is 2.44. The van der Waals surface area contributed by atoms with Crippen LogP contribution in [0.5, 0.6) is 5.75 Å². The van der Waals surface area contributed by atoms with Crippen molar-refractivity contribution >= 4 is 5.96 Å². The molecule has 3 N–H and O–H groups in total. The number of nitrogens with two attached hydrogens (primary N) is 1. The topological polar surface area (TPSA) is 59.6 Å². The van der Waals surface area contributed by atoms with Crippen molar-refractivity contribution < 1.29 is 4.74 Å². The molecule has 0 saturated heterocycles. The molecule has 4 heteroatoms. The molecule has 2 fully saturated rings. The Morgan fingerprint density at radius 3 is 2.95 bits per heavy atom. The van der Waals surface area contributed by atoms with Gasteiger partial charge in [-0.15, -0.1) is 0 Å². The zero-order valence-corrected chi connectivity index (χ0v) is 11.3. The van der Waals surface area contributed by atoms with Crippen LogP contribution >= 0.6 is 0 Å². The molecule has 0 heterocycles. The van der Waals surface area contributed by atoms with Gasteiger partial charge in [0, 0.05) is 12.0 Å². The van der Waals surface area contributed by atoms with Crippen molar-refractivity contribution in [1.82, 2.24) is 5.32 Å². The molecule has 1 aromatic carbocycles. The van der Waals surface area contributed by atoms with E-state index in [0.717, 1.165) is 12.2 Å². The second-order valence-corrected chi connectivity index (χ2v) is 5.47. The minimum Gasteiger partial charge on any atom is -0.497 e. The lowest BCUT2D eigenvalue weighted by Gasteiger charge is -2.26. The molecule has 19 heavy (non-hydrogen) atoms. The molecule has 4 nitrogen and oxygen atoms in total. The number of ether oxygens (including phenoxy) is 1. The maximum absolute atomic E-state index is 5.94. The third-order valence-electron chi connectivity index (χ3n) is 4.04. The standard InChI is InChI=1S/C15H21N3O/c1-19-12-7-2-4-10(8-12)13-9-14(13)18-15(16)17-11-5-3-6-11/h2,4,7-8,11,13-14H,3,5-6,9H2,1H3,(H3,16,17,18)/t13-,14+/m0/s1. The van der Waals surface area contributed by atoms with Gasteiger partial charge in [0.1, 0.15) is 5.75 Å². The fourth-order valence-electron chi connectivity index (χ4n) is 2.53. The normalized spacial score (nSPS) is 26.7. The highest BCUT2D eigenvalue weighted by molar-refractivity contribution is 5.78. The minimum absolute atomic E-state index is 0.333. The van der Waals surface area contributed by atoms with Crippen molar-refractivity contribution in [3.8, 4) is 5.75 Å². The van der Waals surface area contributed by atoms with E-state index in [1.54, 1.807) is 7.11 Å². The monoisotopic (exact) mass is 259 g/mol. The Kier molecular flexibility index (Phi) is 3.32. The van der Waals surface area contributed by atoms with E-state index in [1.165, 1.54) is 24.8 Å². The molecule has 0 spiro atoms. The fraction of sp³-hybridized carbons (Fsp3) is 0.533. The number of hydrogen-bond donors (Lipinski definition) is 2. The predicted molar refractivity (Wildman–Crippen MR) is 76.5 cm³/mol. The van der Waals surface area contributed by atoms with Gasteiger partial charge in [0.2, 0.25) is 0 Å². The summed E-state index contributed by atoms with van der Waals surface area (Å²) in [7, 11) is 1.70. The molecule has 0 aliphatic heterocycles. The van der Waals surface area contributed by atoms with Crippen LogP contribution in [-0.2, 0) is 0 Å². The molecular formula is C15H21N3O. The highest BCUT2D eigenvalue weighted by Gasteiger charge is 2.38. The molecule has 3 rings (SSSR count). The third kappa shape index (κ3) is 2.83. The Hall–Kier alpha value is -1.71. The second kappa shape index (κ2) is 5.11. The van der Waals surface area contributed by atoms with Gasteiger partial charge in [-0.25, -0.2) is 4.99 Å². The molecule has 0 bridgehead atoms. The largest absolute Gasteiger partial charge is 0.497 e. The van der Waals surface area contributed by atoms with Crippen LogP contribution in [0.15, 0.2) is 29.3 Å². The number of nitrogens with one attached hydrogen (secondary N) is 1. The molecule has 0 unspecified atom stereocenters. The van der Waals surface area contributed by atoms with Gasteiger partial charge in [-0.2, -0.15) is 0 Å². The van der Waals surface area contributed by atoms with Gasteiger partial charge in [0.25, 0.3) is 0 Å². The van der Waals surface area contributed by atoms with E-state index in [1.807, 2.05) is 12.1 Å². The van der Waals surface area contributed by atoms with Gasteiger partial charge in [0.05, 0.1) is 13.2 Å². The molecule has 102 valence electrons. The minimum atomic E-state index is 0.333. The van der Waals surface area contributed by atoms with E-state index in [4.69, 9.17) is 10.5 Å². The number of nitrogens with zero attached hydrogens (tertiary/aromatic N) is 1. The van der Waals surface area contributed by atoms with Crippen molar-refractivity contribution in [2.45, 2.75) is 43.7 Å². The quantitative estimate of drug-likeness (QED) is 0.642. The Labute approximate surface area is 114 Å². The van der Waals surface area contributed by atoms with E-state index < -0.39 is 0 Å². The summed E-state index contributed by atoms with van der Waals surface area (Å²) in [6.45, 7) is 0. The summed E-state index contributed by atoms with van der Waals surface area (Å²) in [5.74, 6) is 2.02. The molecule has 2 atom stereocenters. The van der Waals surface area contributed by atoms with Gasteiger partial charge in [-0.3, -0.25) is 0 Å². The lowest BCUT2D eigenvalue weighted by atomic mass is 9.93. The van der Waals surface area contributed by atoms with E-state index in [2.05, 4.69) is 22.4 Å². The molecule has 2 saturated carbocycles. The van der Waals surface area contributed by atoms with E-state index in [9.17, 15) is 0 Å². The maximum Gasteiger partial charge on any atom is 0.189 e. The van der Waals surface area contributed by atoms with Gasteiger partial charge in [-0.1, -0.05) is 12.1 Å². The zero-order chi connectivity index (χ0) is 13.2. The maximum atomic E-state index is 5.94. The molecule has 1 aromatic rings. The number of guanidine groups is 1. The lowest BCUT2D eigenvalue weighted by molar-refractivity contribution is 0.382. The summed E-state index contributed by atoms with van der Waals surface area (Å²) in [6.07, 6.45) is 4.83. The summed E-state index contributed by atoms with van der Waals surface area (Å²) in [5, 5.41) is 3.29. The number of rotatable bonds is 4. The molecule has 2 aliphatic rings. The number of hydrogen-bond acceptors (Lipinski definition) is 2. The first-order valence-corrected chi connectivity index (χ1v) is 7.00. The summed E-state index contributed by atoms with van der Waals surface area (Å²) >= 11 is 0. The van der Waals surface area contributed by atoms with E-state index in [0.29, 0.717) is 24.0 Å². The van der Waals surface area contributed by atoms with Crippen molar-refractivity contribution in [1.29, 1.82) is 0 Å². The average Bonchev–Trinajstić information content (AvgIpc) is 3.13. The van der Waals surface area contributed by atoms with Gasteiger partial charge in [0.15, 0.2) is 5.96 Å². The summed E-state index contributed by atoms with van der Waals surface area (Å²) in [5.41, 5.74) is 7.23. The van der Waals surface area contributed by atoms with E-state index >= 15 is 0 Å². The van der Waals surface area contributed by atoms with Crippen LogP contribution in [0.4, 0.5) is 0 Å². The van der Waals surface area contributed by atoms with Crippen LogP contribution in [0.1, 0.15) is 37.2 Å². The van der Waals surface area contributed by atoms with Crippen molar-refractivity contribution in [2.75, 3.05) is 7.11 Å². The second-order valence-electron chi connectivity index (χ2n) is 5.47. The molecule has 2 aliphatic carbocycles. The first-order valence-electron chi connectivity index (χ1n) is 7.00. The van der Waals surface area contributed by atoms with Crippen LogP contribution < -0.4 is 15.8 Å². The Morgan fingerprint density at radius 1 is 1.42 bits per heavy atom. The molecule has 0 aromatic heterocycles. The molecular weight excluding hydrogens is 238 g/mol. The molecule has 0 radical (unpaired) electrons. The van der Waals surface area contributed by atoms with Crippen LogP contribution in [0.2, 0.25) is 0 Å². The number of benzene rings is 1. The van der Waals surface area contributed by atoms with Gasteiger partial charge < -0.3 is 15.8 Å². The zero-order valence-electron chi connectivity index (χ0n) is 11.3.